The molecule has 1 aliphatic heterocycles. The smallest absolute Gasteiger partial charge is 0.0173 e. The van der Waals surface area contributed by atoms with Crippen LogP contribution < -0.4 is 0 Å². The molecular weight excluding hydrogens is 122 g/mol. The van der Waals surface area contributed by atoms with Crippen molar-refractivity contribution in [2.75, 3.05) is 13.1 Å². The normalized spacial score (nSPS) is 20.2. The summed E-state index contributed by atoms with van der Waals surface area (Å²) in [6, 6.07) is 0. The van der Waals surface area contributed by atoms with E-state index in [4.69, 9.17) is 0 Å². The molecule has 0 aromatic carbocycles. The summed E-state index contributed by atoms with van der Waals surface area (Å²) in [4.78, 5) is 2.43. The maximum absolute atomic E-state index is 2.43. The Morgan fingerprint density at radius 2 is 2.00 bits per heavy atom. The Bertz CT molecular complexity index is 121. The van der Waals surface area contributed by atoms with Gasteiger partial charge in [-0.25, -0.2) is 0 Å². The van der Waals surface area contributed by atoms with Crippen LogP contribution in [0.15, 0.2) is 11.8 Å². The molecule has 0 bridgehead atoms. The maximum Gasteiger partial charge on any atom is 0.0173 e. The Morgan fingerprint density at radius 3 is 2.50 bits per heavy atom. The van der Waals surface area contributed by atoms with Gasteiger partial charge in [-0.15, -0.1) is 0 Å². The lowest BCUT2D eigenvalue weighted by molar-refractivity contribution is 0.462. The highest BCUT2D eigenvalue weighted by Gasteiger charge is 2.06. The molecule has 0 radical (unpaired) electrons. The Morgan fingerprint density at radius 1 is 1.40 bits per heavy atom. The molecule has 0 N–H and O–H groups in total. The third-order valence-corrected chi connectivity index (χ3v) is 2.10. The first-order valence-corrected chi connectivity index (χ1v) is 4.24. The van der Waals surface area contributed by atoms with Crippen molar-refractivity contribution in [3.05, 3.63) is 11.8 Å². The number of allylic oxidation sites excluding steroid dienone is 1. The van der Waals surface area contributed by atoms with E-state index in [0.717, 1.165) is 0 Å². The van der Waals surface area contributed by atoms with Crippen molar-refractivity contribution < 1.29 is 0 Å². The van der Waals surface area contributed by atoms with Gasteiger partial charge in [0, 0.05) is 13.1 Å². The predicted octanol–water partition coefficient (Wildman–Crippen LogP) is 2.40. The van der Waals surface area contributed by atoms with E-state index in [0.29, 0.717) is 0 Å². The largest absolute Gasteiger partial charge is 0.377 e. The van der Waals surface area contributed by atoms with Crippen LogP contribution in [0.25, 0.3) is 0 Å². The van der Waals surface area contributed by atoms with Gasteiger partial charge in [-0.2, -0.15) is 0 Å². The molecule has 0 spiro atoms. The summed E-state index contributed by atoms with van der Waals surface area (Å²) >= 11 is 0. The van der Waals surface area contributed by atoms with Crippen LogP contribution in [0, 0.1) is 0 Å². The van der Waals surface area contributed by atoms with Crippen LogP contribution >= 0.6 is 0 Å². The van der Waals surface area contributed by atoms with Gasteiger partial charge < -0.3 is 4.90 Å². The second-order valence-corrected chi connectivity index (χ2v) is 3.07. The van der Waals surface area contributed by atoms with Crippen LogP contribution in [0.4, 0.5) is 0 Å². The van der Waals surface area contributed by atoms with E-state index in [1.807, 2.05) is 0 Å². The SMILES string of the molecule is CCC(C)=CN1CCCC1. The van der Waals surface area contributed by atoms with Gasteiger partial charge in [-0.05, 0) is 32.4 Å². The number of rotatable bonds is 2. The second-order valence-electron chi connectivity index (χ2n) is 3.07. The average Bonchev–Trinajstić information content (AvgIpc) is 2.40. The van der Waals surface area contributed by atoms with E-state index in [1.165, 1.54) is 37.9 Å². The molecule has 0 aliphatic carbocycles. The molecule has 0 aromatic heterocycles. The summed E-state index contributed by atoms with van der Waals surface area (Å²) in [5.74, 6) is 0. The van der Waals surface area contributed by atoms with Gasteiger partial charge in [0.2, 0.25) is 0 Å². The lowest BCUT2D eigenvalue weighted by Gasteiger charge is -2.11. The van der Waals surface area contributed by atoms with Gasteiger partial charge in [0.1, 0.15) is 0 Å². The van der Waals surface area contributed by atoms with E-state index in [1.54, 1.807) is 0 Å². The van der Waals surface area contributed by atoms with Crippen molar-refractivity contribution in [2.45, 2.75) is 33.1 Å². The van der Waals surface area contributed by atoms with Crippen LogP contribution in [0.2, 0.25) is 0 Å². The standard InChI is InChI=1S/C9H17N/c1-3-9(2)8-10-6-4-5-7-10/h8H,3-7H2,1-2H3. The highest BCUT2D eigenvalue weighted by atomic mass is 15.1. The molecule has 0 aromatic rings. The maximum atomic E-state index is 2.43. The monoisotopic (exact) mass is 139 g/mol. The van der Waals surface area contributed by atoms with Gasteiger partial charge >= 0.3 is 0 Å². The highest BCUT2D eigenvalue weighted by molar-refractivity contribution is 4.97. The van der Waals surface area contributed by atoms with Gasteiger partial charge in [-0.3, -0.25) is 0 Å². The molecule has 1 rings (SSSR count). The van der Waals surface area contributed by atoms with E-state index in [9.17, 15) is 0 Å². The molecule has 0 amide bonds. The molecule has 1 aliphatic rings. The molecule has 1 heterocycles. The third-order valence-electron chi connectivity index (χ3n) is 2.10. The topological polar surface area (TPSA) is 3.24 Å². The number of hydrogen-bond acceptors (Lipinski definition) is 1. The zero-order valence-electron chi connectivity index (χ0n) is 7.06. The summed E-state index contributed by atoms with van der Waals surface area (Å²) in [5, 5.41) is 0. The van der Waals surface area contributed by atoms with Gasteiger partial charge in [0.05, 0.1) is 0 Å². The van der Waals surface area contributed by atoms with Crippen molar-refractivity contribution in [1.82, 2.24) is 4.90 Å². The molecule has 1 saturated heterocycles. The minimum absolute atomic E-state index is 1.19. The van der Waals surface area contributed by atoms with Crippen LogP contribution in [0.5, 0.6) is 0 Å². The quantitative estimate of drug-likeness (QED) is 0.568. The second kappa shape index (κ2) is 3.65. The van der Waals surface area contributed by atoms with Crippen LogP contribution in [0.3, 0.4) is 0 Å². The summed E-state index contributed by atoms with van der Waals surface area (Å²) < 4.78 is 0. The molecule has 0 atom stereocenters. The Balaban J connectivity index is 2.34. The molecule has 0 saturated carbocycles. The average molecular weight is 139 g/mol. The van der Waals surface area contributed by atoms with Crippen LogP contribution in [0.1, 0.15) is 33.1 Å². The molecule has 58 valence electrons. The first-order chi connectivity index (χ1) is 4.83. The van der Waals surface area contributed by atoms with Gasteiger partial charge in [0.25, 0.3) is 0 Å². The first kappa shape index (κ1) is 7.64. The zero-order valence-corrected chi connectivity index (χ0v) is 7.06. The molecular formula is C9H17N. The van der Waals surface area contributed by atoms with Crippen molar-refractivity contribution in [3.63, 3.8) is 0 Å². The van der Waals surface area contributed by atoms with Gasteiger partial charge in [-0.1, -0.05) is 12.5 Å². The zero-order chi connectivity index (χ0) is 7.40. The van der Waals surface area contributed by atoms with Crippen LogP contribution in [-0.2, 0) is 0 Å². The Labute approximate surface area is 63.7 Å². The summed E-state index contributed by atoms with van der Waals surface area (Å²) in [5.41, 5.74) is 1.50. The minimum atomic E-state index is 1.19. The van der Waals surface area contributed by atoms with E-state index >= 15 is 0 Å². The predicted molar refractivity (Wildman–Crippen MR) is 44.9 cm³/mol. The van der Waals surface area contributed by atoms with Crippen molar-refractivity contribution in [2.24, 2.45) is 0 Å². The van der Waals surface area contributed by atoms with Gasteiger partial charge in [0.15, 0.2) is 0 Å². The lowest BCUT2D eigenvalue weighted by Crippen LogP contribution is -2.11. The Kier molecular flexibility index (Phi) is 2.79. The Hall–Kier alpha value is -0.460. The number of nitrogens with zero attached hydrogens (tertiary/aromatic N) is 1. The fraction of sp³-hybridized carbons (Fsp3) is 0.778. The fourth-order valence-electron chi connectivity index (χ4n) is 1.27. The minimum Gasteiger partial charge on any atom is -0.377 e. The summed E-state index contributed by atoms with van der Waals surface area (Å²) in [6.07, 6.45) is 6.27. The molecule has 1 nitrogen and oxygen atoms in total. The summed E-state index contributed by atoms with van der Waals surface area (Å²) in [6.45, 7) is 6.97. The molecule has 1 heteroatoms. The lowest BCUT2D eigenvalue weighted by atomic mass is 10.2. The number of hydrogen-bond donors (Lipinski definition) is 0. The van der Waals surface area contributed by atoms with Crippen LogP contribution in [-0.4, -0.2) is 18.0 Å². The molecule has 0 unspecified atom stereocenters. The van der Waals surface area contributed by atoms with Crippen molar-refractivity contribution >= 4 is 0 Å². The first-order valence-electron chi connectivity index (χ1n) is 4.24. The van der Waals surface area contributed by atoms with E-state index < -0.39 is 0 Å². The van der Waals surface area contributed by atoms with E-state index in [-0.39, 0.29) is 0 Å². The number of likely N-dealkylation sites (tertiary alicyclic amines) is 1. The fourth-order valence-corrected chi connectivity index (χ4v) is 1.27. The highest BCUT2D eigenvalue weighted by Crippen LogP contribution is 2.10. The molecule has 1 fully saturated rings. The van der Waals surface area contributed by atoms with Crippen molar-refractivity contribution in [1.29, 1.82) is 0 Å². The third kappa shape index (κ3) is 2.05. The van der Waals surface area contributed by atoms with Crippen molar-refractivity contribution in [3.8, 4) is 0 Å². The summed E-state index contributed by atoms with van der Waals surface area (Å²) in [7, 11) is 0. The molecule has 10 heavy (non-hydrogen) atoms. The van der Waals surface area contributed by atoms with E-state index in [2.05, 4.69) is 24.9 Å².